The number of para-hydroxylation sites is 1. The Morgan fingerprint density at radius 2 is 2.29 bits per heavy atom. The van der Waals surface area contributed by atoms with E-state index in [-0.39, 0.29) is 18.6 Å². The molecule has 3 N–H and O–H groups in total. The van der Waals surface area contributed by atoms with E-state index in [9.17, 15) is 4.79 Å². The second kappa shape index (κ2) is 7.40. The molecule has 1 unspecified atom stereocenters. The van der Waals surface area contributed by atoms with Gasteiger partial charge in [-0.05, 0) is 19.1 Å². The van der Waals surface area contributed by atoms with Gasteiger partial charge in [-0.2, -0.15) is 0 Å². The molecule has 2 aromatic rings. The molecule has 0 aliphatic heterocycles. The molecule has 1 amide bonds. The number of hydrogen-bond donors (Lipinski definition) is 2. The van der Waals surface area contributed by atoms with Crippen LogP contribution in [0.4, 0.5) is 5.13 Å². The second-order valence-electron chi connectivity index (χ2n) is 4.59. The normalized spacial score (nSPS) is 12.0. The first-order valence-corrected chi connectivity index (χ1v) is 7.67. The van der Waals surface area contributed by atoms with Crippen LogP contribution in [0.2, 0.25) is 5.02 Å². The van der Waals surface area contributed by atoms with Crippen molar-refractivity contribution in [2.24, 2.45) is 5.73 Å². The van der Waals surface area contributed by atoms with E-state index in [4.69, 9.17) is 22.1 Å². The van der Waals surface area contributed by atoms with E-state index < -0.39 is 0 Å². The summed E-state index contributed by atoms with van der Waals surface area (Å²) >= 11 is 7.31. The van der Waals surface area contributed by atoms with Gasteiger partial charge in [-0.15, -0.1) is 11.3 Å². The van der Waals surface area contributed by atoms with Gasteiger partial charge >= 0.3 is 0 Å². The van der Waals surface area contributed by atoms with Crippen LogP contribution in [0.5, 0.6) is 5.75 Å². The molecule has 1 heterocycles. The van der Waals surface area contributed by atoms with Gasteiger partial charge in [0, 0.05) is 17.8 Å². The maximum atomic E-state index is 11.8. The molecule has 112 valence electrons. The molecule has 0 radical (unpaired) electrons. The SMILES string of the molecule is CC(N)Cc1csc(NC(=O)COc2ccccc2Cl)n1. The number of nitrogens with zero attached hydrogens (tertiary/aromatic N) is 1. The Bertz CT molecular complexity index is 616. The maximum absolute atomic E-state index is 11.8. The van der Waals surface area contributed by atoms with E-state index >= 15 is 0 Å². The molecule has 0 spiro atoms. The number of amides is 1. The highest BCUT2D eigenvalue weighted by Gasteiger charge is 2.09. The fraction of sp³-hybridized carbons (Fsp3) is 0.286. The number of rotatable bonds is 6. The minimum atomic E-state index is -0.281. The first-order valence-electron chi connectivity index (χ1n) is 6.42. The van der Waals surface area contributed by atoms with Gasteiger partial charge in [0.05, 0.1) is 10.7 Å². The Balaban J connectivity index is 1.84. The van der Waals surface area contributed by atoms with E-state index in [1.807, 2.05) is 12.3 Å². The van der Waals surface area contributed by atoms with E-state index in [1.54, 1.807) is 24.3 Å². The molecule has 21 heavy (non-hydrogen) atoms. The van der Waals surface area contributed by atoms with Gasteiger partial charge in [-0.25, -0.2) is 4.98 Å². The number of carbonyl (C=O) groups is 1. The van der Waals surface area contributed by atoms with E-state index in [2.05, 4.69) is 10.3 Å². The Morgan fingerprint density at radius 3 is 3.00 bits per heavy atom. The highest BCUT2D eigenvalue weighted by molar-refractivity contribution is 7.13. The summed E-state index contributed by atoms with van der Waals surface area (Å²) in [6.07, 6.45) is 0.683. The highest BCUT2D eigenvalue weighted by Crippen LogP contribution is 2.23. The predicted octanol–water partition coefficient (Wildman–Crippen LogP) is 2.70. The summed E-state index contributed by atoms with van der Waals surface area (Å²) < 4.78 is 5.36. The molecule has 0 aliphatic rings. The zero-order valence-electron chi connectivity index (χ0n) is 11.5. The number of thiazole rings is 1. The lowest BCUT2D eigenvalue weighted by Crippen LogP contribution is -2.20. The van der Waals surface area contributed by atoms with Crippen molar-refractivity contribution in [3.8, 4) is 5.75 Å². The van der Waals surface area contributed by atoms with Gasteiger partial charge in [-0.3, -0.25) is 10.1 Å². The lowest BCUT2D eigenvalue weighted by atomic mass is 10.2. The number of carbonyl (C=O) groups excluding carboxylic acids is 1. The van der Waals surface area contributed by atoms with Crippen LogP contribution in [0.1, 0.15) is 12.6 Å². The second-order valence-corrected chi connectivity index (χ2v) is 5.86. The molecule has 5 nitrogen and oxygen atoms in total. The molecule has 0 bridgehead atoms. The van der Waals surface area contributed by atoms with Gasteiger partial charge in [0.25, 0.3) is 5.91 Å². The van der Waals surface area contributed by atoms with Gasteiger partial charge in [0.1, 0.15) is 5.75 Å². The Kier molecular flexibility index (Phi) is 5.55. The lowest BCUT2D eigenvalue weighted by Gasteiger charge is -2.07. The average Bonchev–Trinajstić information content (AvgIpc) is 2.84. The number of benzene rings is 1. The zero-order chi connectivity index (χ0) is 15.2. The third kappa shape index (κ3) is 5.00. The zero-order valence-corrected chi connectivity index (χ0v) is 13.1. The first-order chi connectivity index (χ1) is 10.0. The largest absolute Gasteiger partial charge is 0.482 e. The van der Waals surface area contributed by atoms with Crippen molar-refractivity contribution in [1.29, 1.82) is 0 Å². The summed E-state index contributed by atoms with van der Waals surface area (Å²) in [7, 11) is 0. The number of halogens is 1. The maximum Gasteiger partial charge on any atom is 0.264 e. The molecule has 0 fully saturated rings. The third-order valence-corrected chi connectivity index (χ3v) is 3.64. The number of hydrogen-bond acceptors (Lipinski definition) is 5. The number of aromatic nitrogens is 1. The molecule has 1 aromatic heterocycles. The molecule has 1 aromatic carbocycles. The Morgan fingerprint density at radius 1 is 1.52 bits per heavy atom. The van der Waals surface area contributed by atoms with Crippen LogP contribution in [0.25, 0.3) is 0 Å². The van der Waals surface area contributed by atoms with Gasteiger partial charge in [0.15, 0.2) is 11.7 Å². The molecule has 2 rings (SSSR count). The first kappa shape index (κ1) is 15.8. The fourth-order valence-corrected chi connectivity index (χ4v) is 2.58. The quantitative estimate of drug-likeness (QED) is 0.856. The molecule has 0 saturated heterocycles. The fourth-order valence-electron chi connectivity index (χ4n) is 1.65. The van der Waals surface area contributed by atoms with Crippen molar-refractivity contribution < 1.29 is 9.53 Å². The van der Waals surface area contributed by atoms with Crippen molar-refractivity contribution in [2.45, 2.75) is 19.4 Å². The summed E-state index contributed by atoms with van der Waals surface area (Å²) in [5, 5.41) is 5.58. The smallest absolute Gasteiger partial charge is 0.264 e. The number of anilines is 1. The topological polar surface area (TPSA) is 77.2 Å². The van der Waals surface area contributed by atoms with Crippen LogP contribution < -0.4 is 15.8 Å². The van der Waals surface area contributed by atoms with Crippen molar-refractivity contribution in [3.05, 3.63) is 40.4 Å². The molecule has 0 aliphatic carbocycles. The van der Waals surface area contributed by atoms with Crippen LogP contribution in [-0.4, -0.2) is 23.5 Å². The van der Waals surface area contributed by atoms with E-state index in [0.717, 1.165) is 5.69 Å². The minimum absolute atomic E-state index is 0.0409. The number of ether oxygens (including phenoxy) is 1. The van der Waals surface area contributed by atoms with Crippen LogP contribution in [-0.2, 0) is 11.2 Å². The summed E-state index contributed by atoms with van der Waals surface area (Å²) in [6, 6.07) is 7.04. The van der Waals surface area contributed by atoms with Gasteiger partial charge < -0.3 is 10.5 Å². The highest BCUT2D eigenvalue weighted by atomic mass is 35.5. The monoisotopic (exact) mass is 325 g/mol. The standard InChI is InChI=1S/C14H16ClN3O2S/c1-9(16)6-10-8-21-14(17-10)18-13(19)7-20-12-5-3-2-4-11(12)15/h2-5,8-9H,6-7,16H2,1H3,(H,17,18,19). The molecule has 0 saturated carbocycles. The third-order valence-electron chi connectivity index (χ3n) is 2.52. The van der Waals surface area contributed by atoms with Crippen molar-refractivity contribution >= 4 is 34.0 Å². The Labute approximate surface area is 132 Å². The lowest BCUT2D eigenvalue weighted by molar-refractivity contribution is -0.118. The summed E-state index contributed by atoms with van der Waals surface area (Å²) in [5.41, 5.74) is 6.58. The molecule has 1 atom stereocenters. The minimum Gasteiger partial charge on any atom is -0.482 e. The number of nitrogens with two attached hydrogens (primary N) is 1. The van der Waals surface area contributed by atoms with Crippen molar-refractivity contribution in [1.82, 2.24) is 4.98 Å². The van der Waals surface area contributed by atoms with Crippen LogP contribution in [0, 0.1) is 0 Å². The predicted molar refractivity (Wildman–Crippen MR) is 85.0 cm³/mol. The van der Waals surface area contributed by atoms with Gasteiger partial charge in [0.2, 0.25) is 0 Å². The molecule has 7 heteroatoms. The molecular weight excluding hydrogens is 310 g/mol. The van der Waals surface area contributed by atoms with Crippen LogP contribution >= 0.6 is 22.9 Å². The molecular formula is C14H16ClN3O2S. The Hall–Kier alpha value is -1.63. The average molecular weight is 326 g/mol. The number of nitrogens with one attached hydrogen (secondary N) is 1. The van der Waals surface area contributed by atoms with E-state index in [0.29, 0.717) is 22.3 Å². The van der Waals surface area contributed by atoms with E-state index in [1.165, 1.54) is 11.3 Å². The summed E-state index contributed by atoms with van der Waals surface area (Å²) in [4.78, 5) is 16.1. The summed E-state index contributed by atoms with van der Waals surface area (Å²) in [5.74, 6) is 0.197. The van der Waals surface area contributed by atoms with Crippen LogP contribution in [0.15, 0.2) is 29.6 Å². The summed E-state index contributed by atoms with van der Waals surface area (Å²) in [6.45, 7) is 1.79. The van der Waals surface area contributed by atoms with Crippen molar-refractivity contribution in [3.63, 3.8) is 0 Å². The van der Waals surface area contributed by atoms with Crippen molar-refractivity contribution in [2.75, 3.05) is 11.9 Å². The van der Waals surface area contributed by atoms with Crippen LogP contribution in [0.3, 0.4) is 0 Å². The van der Waals surface area contributed by atoms with Gasteiger partial charge in [-0.1, -0.05) is 23.7 Å².